The zero-order valence-electron chi connectivity index (χ0n) is 18.6. The fourth-order valence-electron chi connectivity index (χ4n) is 4.13. The molecule has 0 unspecified atom stereocenters. The fraction of sp³-hybridized carbons (Fsp3) is 0.333. The standard InChI is InChI=1S/C24H28N8O/c1-33-20-4-2-3-16(11-20)12-27-24-28-13-17(14-29-24)21-15-26-23-10-9-22(31-32(21)23)30-19-7-5-18(25)6-8-19/h2-4,9-11,13-15,18-19H,5-8,12,25H2,1H3,(H,30,31)(H,27,28,29). The van der Waals surface area contributed by atoms with Gasteiger partial charge in [-0.3, -0.25) is 0 Å². The van der Waals surface area contributed by atoms with E-state index in [1.54, 1.807) is 25.7 Å². The highest BCUT2D eigenvalue weighted by Crippen LogP contribution is 2.23. The molecule has 0 saturated heterocycles. The number of nitrogens with zero attached hydrogens (tertiary/aromatic N) is 5. The van der Waals surface area contributed by atoms with E-state index in [-0.39, 0.29) is 0 Å². The van der Waals surface area contributed by atoms with E-state index in [4.69, 9.17) is 15.6 Å². The molecule has 170 valence electrons. The first-order chi connectivity index (χ1) is 16.2. The summed E-state index contributed by atoms with van der Waals surface area (Å²) in [4.78, 5) is 13.4. The maximum atomic E-state index is 6.03. The maximum absolute atomic E-state index is 6.03. The van der Waals surface area contributed by atoms with Gasteiger partial charge in [-0.25, -0.2) is 19.5 Å². The molecular weight excluding hydrogens is 416 g/mol. The summed E-state index contributed by atoms with van der Waals surface area (Å²) in [5, 5.41) is 11.6. The summed E-state index contributed by atoms with van der Waals surface area (Å²) in [7, 11) is 1.66. The molecule has 1 saturated carbocycles. The molecule has 0 radical (unpaired) electrons. The zero-order valence-corrected chi connectivity index (χ0v) is 18.6. The lowest BCUT2D eigenvalue weighted by Crippen LogP contribution is -2.33. The number of fused-ring (bicyclic) bond motifs is 1. The third kappa shape index (κ3) is 4.88. The van der Waals surface area contributed by atoms with Gasteiger partial charge in [-0.2, -0.15) is 0 Å². The molecule has 0 spiro atoms. The van der Waals surface area contributed by atoms with Crippen LogP contribution >= 0.6 is 0 Å². The quantitative estimate of drug-likeness (QED) is 0.397. The highest BCUT2D eigenvalue weighted by atomic mass is 16.5. The van der Waals surface area contributed by atoms with Crippen LogP contribution < -0.4 is 21.1 Å². The Morgan fingerprint density at radius 2 is 1.85 bits per heavy atom. The third-order valence-electron chi connectivity index (χ3n) is 6.02. The number of anilines is 2. The van der Waals surface area contributed by atoms with Crippen molar-refractivity contribution in [3.63, 3.8) is 0 Å². The van der Waals surface area contributed by atoms with Crippen molar-refractivity contribution in [3.05, 3.63) is 60.6 Å². The van der Waals surface area contributed by atoms with Gasteiger partial charge in [0, 0.05) is 36.6 Å². The van der Waals surface area contributed by atoms with Crippen molar-refractivity contribution in [1.82, 2.24) is 24.6 Å². The Morgan fingerprint density at radius 1 is 1.03 bits per heavy atom. The Labute approximate surface area is 192 Å². The molecule has 9 nitrogen and oxygen atoms in total. The lowest BCUT2D eigenvalue weighted by molar-refractivity contribution is 0.410. The number of rotatable bonds is 7. The summed E-state index contributed by atoms with van der Waals surface area (Å²) < 4.78 is 7.10. The predicted octanol–water partition coefficient (Wildman–Crippen LogP) is 3.49. The molecule has 0 atom stereocenters. The van der Waals surface area contributed by atoms with Gasteiger partial charge in [0.2, 0.25) is 5.95 Å². The Kier molecular flexibility index (Phi) is 6.03. The van der Waals surface area contributed by atoms with Crippen LogP contribution in [0.4, 0.5) is 11.8 Å². The van der Waals surface area contributed by atoms with Crippen LogP contribution in [-0.2, 0) is 6.54 Å². The van der Waals surface area contributed by atoms with Crippen molar-refractivity contribution in [2.75, 3.05) is 17.7 Å². The monoisotopic (exact) mass is 444 g/mol. The average Bonchev–Trinajstić information content (AvgIpc) is 3.28. The molecule has 1 fully saturated rings. The number of hydrogen-bond acceptors (Lipinski definition) is 8. The van der Waals surface area contributed by atoms with Gasteiger partial charge in [-0.1, -0.05) is 12.1 Å². The Morgan fingerprint density at radius 3 is 2.64 bits per heavy atom. The molecule has 4 aromatic rings. The molecule has 5 rings (SSSR count). The zero-order chi connectivity index (χ0) is 22.6. The second-order valence-electron chi connectivity index (χ2n) is 8.39. The van der Waals surface area contributed by atoms with Crippen molar-refractivity contribution >= 4 is 17.4 Å². The Hall–Kier alpha value is -3.72. The maximum Gasteiger partial charge on any atom is 0.222 e. The molecule has 1 aliphatic rings. The van der Waals surface area contributed by atoms with Crippen LogP contribution in [0.1, 0.15) is 31.2 Å². The van der Waals surface area contributed by atoms with Gasteiger partial charge in [0.15, 0.2) is 5.65 Å². The summed E-state index contributed by atoms with van der Waals surface area (Å²) in [5.74, 6) is 2.22. The number of nitrogens with two attached hydrogens (primary N) is 1. The minimum atomic E-state index is 0.326. The first-order valence-corrected chi connectivity index (χ1v) is 11.2. The molecule has 1 aliphatic carbocycles. The number of ether oxygens (including phenoxy) is 1. The van der Waals surface area contributed by atoms with E-state index in [0.717, 1.165) is 59.7 Å². The van der Waals surface area contributed by atoms with Gasteiger partial charge in [-0.05, 0) is 55.5 Å². The summed E-state index contributed by atoms with van der Waals surface area (Å²) >= 11 is 0. The lowest BCUT2D eigenvalue weighted by atomic mass is 9.92. The normalized spacial score (nSPS) is 18.2. The van der Waals surface area contributed by atoms with E-state index in [1.807, 2.05) is 40.9 Å². The largest absolute Gasteiger partial charge is 0.497 e. The van der Waals surface area contributed by atoms with Gasteiger partial charge in [0.05, 0.1) is 19.0 Å². The number of nitrogens with one attached hydrogen (secondary N) is 2. The van der Waals surface area contributed by atoms with Crippen LogP contribution in [0, 0.1) is 0 Å². The van der Waals surface area contributed by atoms with Crippen LogP contribution in [-0.4, -0.2) is 43.8 Å². The van der Waals surface area contributed by atoms with E-state index < -0.39 is 0 Å². The molecule has 1 aromatic carbocycles. The molecule has 33 heavy (non-hydrogen) atoms. The van der Waals surface area contributed by atoms with Gasteiger partial charge in [-0.15, -0.1) is 5.10 Å². The summed E-state index contributed by atoms with van der Waals surface area (Å²) in [5.41, 5.74) is 9.59. The van der Waals surface area contributed by atoms with Gasteiger partial charge in [0.1, 0.15) is 11.6 Å². The van der Waals surface area contributed by atoms with Crippen molar-refractivity contribution < 1.29 is 4.74 Å². The topological polar surface area (TPSA) is 115 Å². The molecule has 4 N–H and O–H groups in total. The summed E-state index contributed by atoms with van der Waals surface area (Å²) in [6.45, 7) is 0.606. The van der Waals surface area contributed by atoms with Gasteiger partial charge >= 0.3 is 0 Å². The first-order valence-electron chi connectivity index (χ1n) is 11.2. The van der Waals surface area contributed by atoms with Crippen molar-refractivity contribution in [3.8, 4) is 17.0 Å². The second kappa shape index (κ2) is 9.41. The van der Waals surface area contributed by atoms with E-state index in [9.17, 15) is 0 Å². The van der Waals surface area contributed by atoms with E-state index >= 15 is 0 Å². The lowest BCUT2D eigenvalue weighted by Gasteiger charge is -2.27. The SMILES string of the molecule is COc1cccc(CNc2ncc(-c3cnc4ccc(NC5CCC(N)CC5)nn34)cn2)c1. The Balaban J connectivity index is 1.29. The van der Waals surface area contributed by atoms with Crippen molar-refractivity contribution in [2.24, 2.45) is 5.73 Å². The van der Waals surface area contributed by atoms with Crippen molar-refractivity contribution in [1.29, 1.82) is 0 Å². The van der Waals surface area contributed by atoms with Crippen LogP contribution in [0.15, 0.2) is 55.0 Å². The predicted molar refractivity (Wildman–Crippen MR) is 128 cm³/mol. The number of methoxy groups -OCH3 is 1. The highest BCUT2D eigenvalue weighted by molar-refractivity contribution is 5.62. The Bertz CT molecular complexity index is 1210. The number of imidazole rings is 1. The van der Waals surface area contributed by atoms with Crippen LogP contribution in [0.5, 0.6) is 5.75 Å². The van der Waals surface area contributed by atoms with Gasteiger partial charge in [0.25, 0.3) is 0 Å². The number of benzene rings is 1. The fourth-order valence-corrected chi connectivity index (χ4v) is 4.13. The molecular formula is C24H28N8O. The molecule has 0 amide bonds. The molecule has 0 bridgehead atoms. The van der Waals surface area contributed by atoms with Gasteiger partial charge < -0.3 is 21.1 Å². The first kappa shape index (κ1) is 21.1. The molecule has 0 aliphatic heterocycles. The van der Waals surface area contributed by atoms with E-state index in [1.165, 1.54) is 0 Å². The number of aromatic nitrogens is 5. The average molecular weight is 445 g/mol. The molecule has 9 heteroatoms. The summed E-state index contributed by atoms with van der Waals surface area (Å²) in [6, 6.07) is 12.6. The number of hydrogen-bond donors (Lipinski definition) is 3. The molecule has 3 aromatic heterocycles. The third-order valence-corrected chi connectivity index (χ3v) is 6.02. The minimum Gasteiger partial charge on any atom is -0.497 e. The van der Waals surface area contributed by atoms with Crippen molar-refractivity contribution in [2.45, 2.75) is 44.3 Å². The second-order valence-corrected chi connectivity index (χ2v) is 8.39. The summed E-state index contributed by atoms with van der Waals surface area (Å²) in [6.07, 6.45) is 9.60. The minimum absolute atomic E-state index is 0.326. The van der Waals surface area contributed by atoms with Crippen LogP contribution in [0.2, 0.25) is 0 Å². The van der Waals surface area contributed by atoms with E-state index in [0.29, 0.717) is 24.6 Å². The van der Waals surface area contributed by atoms with E-state index in [2.05, 4.69) is 25.6 Å². The molecule has 3 heterocycles. The van der Waals surface area contributed by atoms with Crippen LogP contribution in [0.3, 0.4) is 0 Å². The highest BCUT2D eigenvalue weighted by Gasteiger charge is 2.19. The smallest absolute Gasteiger partial charge is 0.222 e. The van der Waals surface area contributed by atoms with Crippen LogP contribution in [0.25, 0.3) is 16.9 Å².